The van der Waals surface area contributed by atoms with Gasteiger partial charge in [-0.3, -0.25) is 19.4 Å². The molecule has 0 saturated heterocycles. The number of rotatable bonds is 3. The van der Waals surface area contributed by atoms with Crippen molar-refractivity contribution in [1.82, 2.24) is 10.3 Å². The van der Waals surface area contributed by atoms with Crippen LogP contribution >= 0.6 is 0 Å². The Bertz CT molecular complexity index is 836. The highest BCUT2D eigenvalue weighted by Crippen LogP contribution is 2.30. The molecule has 26 heavy (non-hydrogen) atoms. The van der Waals surface area contributed by atoms with Crippen molar-refractivity contribution in [3.63, 3.8) is 0 Å². The van der Waals surface area contributed by atoms with Gasteiger partial charge in [-0.25, -0.2) is 0 Å². The van der Waals surface area contributed by atoms with E-state index >= 15 is 0 Å². The molecule has 1 aliphatic rings. The van der Waals surface area contributed by atoms with Gasteiger partial charge in [0.1, 0.15) is 0 Å². The second-order valence-corrected chi connectivity index (χ2v) is 6.11. The second kappa shape index (κ2) is 7.77. The molecule has 1 aromatic carbocycles. The molecule has 134 valence electrons. The van der Waals surface area contributed by atoms with Gasteiger partial charge in [0.2, 0.25) is 5.91 Å². The second-order valence-electron chi connectivity index (χ2n) is 6.11. The number of hydrogen-bond donors (Lipinski definition) is 2. The molecule has 2 aromatic rings. The maximum Gasteiger partial charge on any atom is 0.313 e. The van der Waals surface area contributed by atoms with Gasteiger partial charge in [-0.2, -0.15) is 0 Å². The fourth-order valence-corrected chi connectivity index (χ4v) is 2.93. The first kappa shape index (κ1) is 17.6. The summed E-state index contributed by atoms with van der Waals surface area (Å²) in [5.41, 5.74) is 3.19. The summed E-state index contributed by atoms with van der Waals surface area (Å²) < 4.78 is 0. The molecule has 2 heterocycles. The van der Waals surface area contributed by atoms with Crippen LogP contribution in [0.3, 0.4) is 0 Å². The molecule has 7 heteroatoms. The average molecular weight is 352 g/mol. The quantitative estimate of drug-likeness (QED) is 0.822. The Kier molecular flexibility index (Phi) is 5.26. The zero-order valence-corrected chi connectivity index (χ0v) is 14.5. The van der Waals surface area contributed by atoms with Gasteiger partial charge in [-0.15, -0.1) is 0 Å². The highest BCUT2D eigenvalue weighted by molar-refractivity contribution is 6.39. The normalized spacial score (nSPS) is 12.9. The summed E-state index contributed by atoms with van der Waals surface area (Å²) in [5.74, 6) is -1.50. The summed E-state index contributed by atoms with van der Waals surface area (Å²) in [5, 5.41) is 5.15. The first-order chi connectivity index (χ1) is 12.5. The number of hydrogen-bond acceptors (Lipinski definition) is 4. The first-order valence-electron chi connectivity index (χ1n) is 8.43. The van der Waals surface area contributed by atoms with Crippen LogP contribution in [0.1, 0.15) is 24.5 Å². The highest BCUT2D eigenvalue weighted by atomic mass is 16.2. The van der Waals surface area contributed by atoms with Crippen LogP contribution in [0.5, 0.6) is 0 Å². The standard InChI is InChI=1S/C19H20N4O3/c1-13(24)23-10-2-3-15-4-5-16(11-17(15)23)22-19(26)18(25)21-12-14-6-8-20-9-7-14/h4-9,11H,2-3,10,12H2,1H3,(H,21,25)(H,22,26). The molecule has 1 aliphatic heterocycles. The largest absolute Gasteiger partial charge is 0.344 e. The Morgan fingerprint density at radius 1 is 1.12 bits per heavy atom. The summed E-state index contributed by atoms with van der Waals surface area (Å²) in [6, 6.07) is 8.89. The number of fused-ring (bicyclic) bond motifs is 1. The molecule has 0 saturated carbocycles. The topological polar surface area (TPSA) is 91.4 Å². The smallest absolute Gasteiger partial charge is 0.313 e. The minimum atomic E-state index is -0.746. The average Bonchev–Trinajstić information content (AvgIpc) is 2.66. The number of aryl methyl sites for hydroxylation is 1. The van der Waals surface area contributed by atoms with Crippen LogP contribution in [0, 0.1) is 0 Å². The van der Waals surface area contributed by atoms with Gasteiger partial charge in [0.05, 0.1) is 0 Å². The van der Waals surface area contributed by atoms with E-state index in [0.29, 0.717) is 12.2 Å². The fourth-order valence-electron chi connectivity index (χ4n) is 2.93. The van der Waals surface area contributed by atoms with E-state index in [0.717, 1.165) is 29.7 Å². The Morgan fingerprint density at radius 2 is 1.88 bits per heavy atom. The third-order valence-electron chi connectivity index (χ3n) is 4.25. The molecule has 0 bridgehead atoms. The molecule has 3 rings (SSSR count). The molecule has 0 radical (unpaired) electrons. The molecule has 0 unspecified atom stereocenters. The number of nitrogens with one attached hydrogen (secondary N) is 2. The van der Waals surface area contributed by atoms with Crippen molar-refractivity contribution in [2.45, 2.75) is 26.3 Å². The third-order valence-corrected chi connectivity index (χ3v) is 4.25. The van der Waals surface area contributed by atoms with Gasteiger partial charge in [0, 0.05) is 43.8 Å². The van der Waals surface area contributed by atoms with E-state index < -0.39 is 11.8 Å². The fraction of sp³-hybridized carbons (Fsp3) is 0.263. The van der Waals surface area contributed by atoms with E-state index in [1.165, 1.54) is 6.92 Å². The van der Waals surface area contributed by atoms with Crippen molar-refractivity contribution in [2.24, 2.45) is 0 Å². The zero-order chi connectivity index (χ0) is 18.5. The Hall–Kier alpha value is -3.22. The molecule has 0 fully saturated rings. The minimum absolute atomic E-state index is 0.0375. The SMILES string of the molecule is CC(=O)N1CCCc2ccc(NC(=O)C(=O)NCc3ccncc3)cc21. The number of nitrogens with zero attached hydrogens (tertiary/aromatic N) is 2. The van der Waals surface area contributed by atoms with Gasteiger partial charge in [-0.05, 0) is 48.2 Å². The minimum Gasteiger partial charge on any atom is -0.344 e. The van der Waals surface area contributed by atoms with Gasteiger partial charge < -0.3 is 15.5 Å². The van der Waals surface area contributed by atoms with Crippen LogP contribution < -0.4 is 15.5 Å². The molecule has 0 atom stereocenters. The van der Waals surface area contributed by atoms with E-state index in [1.54, 1.807) is 41.6 Å². The summed E-state index contributed by atoms with van der Waals surface area (Å²) in [6.45, 7) is 2.43. The number of carbonyl (C=O) groups excluding carboxylic acids is 3. The van der Waals surface area contributed by atoms with Crippen molar-refractivity contribution in [1.29, 1.82) is 0 Å². The van der Waals surface area contributed by atoms with E-state index in [1.807, 2.05) is 6.07 Å². The summed E-state index contributed by atoms with van der Waals surface area (Å²) >= 11 is 0. The van der Waals surface area contributed by atoms with Crippen molar-refractivity contribution >= 4 is 29.1 Å². The van der Waals surface area contributed by atoms with E-state index in [2.05, 4.69) is 15.6 Å². The van der Waals surface area contributed by atoms with Gasteiger partial charge >= 0.3 is 11.8 Å². The van der Waals surface area contributed by atoms with Gasteiger partial charge in [0.25, 0.3) is 0 Å². The highest BCUT2D eigenvalue weighted by Gasteiger charge is 2.21. The number of benzene rings is 1. The number of aromatic nitrogens is 1. The monoisotopic (exact) mass is 352 g/mol. The van der Waals surface area contributed by atoms with Crippen LogP contribution in [0.15, 0.2) is 42.7 Å². The summed E-state index contributed by atoms with van der Waals surface area (Å²) in [7, 11) is 0. The number of amides is 3. The molecule has 7 nitrogen and oxygen atoms in total. The third kappa shape index (κ3) is 4.05. The maximum absolute atomic E-state index is 12.1. The molecular formula is C19H20N4O3. The Morgan fingerprint density at radius 3 is 2.62 bits per heavy atom. The lowest BCUT2D eigenvalue weighted by Crippen LogP contribution is -2.35. The molecule has 0 aliphatic carbocycles. The van der Waals surface area contributed by atoms with Crippen LogP contribution in [-0.2, 0) is 27.3 Å². The number of carbonyl (C=O) groups is 3. The van der Waals surface area contributed by atoms with Crippen molar-refractivity contribution in [2.75, 3.05) is 16.8 Å². The van der Waals surface area contributed by atoms with Crippen molar-refractivity contribution in [3.05, 3.63) is 53.9 Å². The Labute approximate surface area is 151 Å². The van der Waals surface area contributed by atoms with E-state index in [4.69, 9.17) is 0 Å². The zero-order valence-electron chi connectivity index (χ0n) is 14.5. The van der Waals surface area contributed by atoms with E-state index in [-0.39, 0.29) is 12.5 Å². The lowest BCUT2D eigenvalue weighted by atomic mass is 10.0. The summed E-state index contributed by atoms with van der Waals surface area (Å²) in [4.78, 5) is 41.5. The number of anilines is 2. The lowest BCUT2D eigenvalue weighted by Gasteiger charge is -2.29. The predicted octanol–water partition coefficient (Wildman–Crippen LogP) is 1.64. The van der Waals surface area contributed by atoms with Gasteiger partial charge in [0.15, 0.2) is 0 Å². The maximum atomic E-state index is 12.1. The van der Waals surface area contributed by atoms with Crippen LogP contribution in [-0.4, -0.2) is 29.3 Å². The lowest BCUT2D eigenvalue weighted by molar-refractivity contribution is -0.136. The predicted molar refractivity (Wildman–Crippen MR) is 97.5 cm³/mol. The molecule has 3 amide bonds. The molecule has 0 spiro atoms. The Balaban J connectivity index is 1.65. The first-order valence-corrected chi connectivity index (χ1v) is 8.43. The molecule has 2 N–H and O–H groups in total. The van der Waals surface area contributed by atoms with Crippen LogP contribution in [0.4, 0.5) is 11.4 Å². The van der Waals surface area contributed by atoms with E-state index in [9.17, 15) is 14.4 Å². The summed E-state index contributed by atoms with van der Waals surface area (Å²) in [6.07, 6.45) is 5.04. The number of pyridine rings is 1. The molecule has 1 aromatic heterocycles. The van der Waals surface area contributed by atoms with Crippen molar-refractivity contribution < 1.29 is 14.4 Å². The van der Waals surface area contributed by atoms with Gasteiger partial charge in [-0.1, -0.05) is 6.07 Å². The van der Waals surface area contributed by atoms with Crippen LogP contribution in [0.25, 0.3) is 0 Å². The molecular weight excluding hydrogens is 332 g/mol. The van der Waals surface area contributed by atoms with Crippen molar-refractivity contribution in [3.8, 4) is 0 Å². The van der Waals surface area contributed by atoms with Crippen LogP contribution in [0.2, 0.25) is 0 Å².